The molecule has 1 aliphatic rings. The van der Waals surface area contributed by atoms with Gasteiger partial charge in [0.05, 0.1) is 33.1 Å². The first-order valence-electron chi connectivity index (χ1n) is 9.74. The molecule has 156 valence electrons. The molecule has 0 bridgehead atoms. The monoisotopic (exact) mass is 423 g/mol. The van der Waals surface area contributed by atoms with Gasteiger partial charge in [-0.1, -0.05) is 18.2 Å². The molecule has 0 fully saturated rings. The molecule has 4 rings (SSSR count). The number of para-hydroxylation sites is 2. The molecule has 6 nitrogen and oxygen atoms in total. The standard InChI is InChI=1S/C23H25N3O3S/c1-27-19-9-5-4-7-17(19)24-23(30)26-14-13-25-12-6-8-18(25)22(26)16-10-11-20(28-2)21(15-16)29-3/h4-12,15,22H,13-14H2,1-3H3,(H,24,30)/t22-/m1/s1. The van der Waals surface area contributed by atoms with E-state index in [4.69, 9.17) is 26.4 Å². The highest BCUT2D eigenvalue weighted by atomic mass is 32.1. The van der Waals surface area contributed by atoms with E-state index in [1.165, 1.54) is 5.69 Å². The van der Waals surface area contributed by atoms with Gasteiger partial charge in [-0.3, -0.25) is 0 Å². The van der Waals surface area contributed by atoms with Crippen molar-refractivity contribution >= 4 is 23.0 Å². The molecule has 2 aromatic carbocycles. The van der Waals surface area contributed by atoms with Crippen LogP contribution in [-0.2, 0) is 6.54 Å². The van der Waals surface area contributed by atoms with Crippen molar-refractivity contribution < 1.29 is 14.2 Å². The fourth-order valence-electron chi connectivity index (χ4n) is 3.91. The van der Waals surface area contributed by atoms with Gasteiger partial charge in [0.2, 0.25) is 0 Å². The smallest absolute Gasteiger partial charge is 0.174 e. The minimum absolute atomic E-state index is 0.0525. The lowest BCUT2D eigenvalue weighted by molar-refractivity contribution is 0.291. The van der Waals surface area contributed by atoms with Crippen LogP contribution in [0.4, 0.5) is 5.69 Å². The van der Waals surface area contributed by atoms with Crippen molar-refractivity contribution in [2.45, 2.75) is 12.6 Å². The summed E-state index contributed by atoms with van der Waals surface area (Å²) >= 11 is 5.85. The predicted octanol–water partition coefficient (Wildman–Crippen LogP) is 4.32. The van der Waals surface area contributed by atoms with E-state index in [0.29, 0.717) is 16.6 Å². The van der Waals surface area contributed by atoms with E-state index >= 15 is 0 Å². The fraction of sp³-hybridized carbons (Fsp3) is 0.261. The van der Waals surface area contributed by atoms with Gasteiger partial charge in [-0.15, -0.1) is 0 Å². The Morgan fingerprint density at radius 2 is 1.67 bits per heavy atom. The number of aromatic nitrogens is 1. The highest BCUT2D eigenvalue weighted by molar-refractivity contribution is 7.80. The Morgan fingerprint density at radius 3 is 2.43 bits per heavy atom. The summed E-state index contributed by atoms with van der Waals surface area (Å²) in [6.07, 6.45) is 2.11. The number of hydrogen-bond donors (Lipinski definition) is 1. The van der Waals surface area contributed by atoms with Gasteiger partial charge in [0.25, 0.3) is 0 Å². The zero-order valence-corrected chi connectivity index (χ0v) is 18.1. The fourth-order valence-corrected chi connectivity index (χ4v) is 4.22. The number of hydrogen-bond acceptors (Lipinski definition) is 4. The Bertz CT molecular complexity index is 1050. The molecule has 1 atom stereocenters. The summed E-state index contributed by atoms with van der Waals surface area (Å²) < 4.78 is 18.7. The molecular formula is C23H25N3O3S. The summed E-state index contributed by atoms with van der Waals surface area (Å²) in [7, 11) is 4.95. The molecule has 0 radical (unpaired) electrons. The van der Waals surface area contributed by atoms with E-state index in [2.05, 4.69) is 39.2 Å². The Hall–Kier alpha value is -3.19. The largest absolute Gasteiger partial charge is 0.495 e. The van der Waals surface area contributed by atoms with Gasteiger partial charge in [-0.05, 0) is 54.2 Å². The van der Waals surface area contributed by atoms with Crippen LogP contribution < -0.4 is 19.5 Å². The minimum atomic E-state index is -0.0525. The maximum atomic E-state index is 5.85. The zero-order valence-electron chi connectivity index (χ0n) is 17.3. The van der Waals surface area contributed by atoms with Gasteiger partial charge in [-0.25, -0.2) is 0 Å². The maximum absolute atomic E-state index is 5.85. The van der Waals surface area contributed by atoms with Gasteiger partial charge in [0.1, 0.15) is 5.75 Å². The van der Waals surface area contributed by atoms with Crippen LogP contribution >= 0.6 is 12.2 Å². The van der Waals surface area contributed by atoms with E-state index in [-0.39, 0.29) is 6.04 Å². The van der Waals surface area contributed by atoms with Crippen molar-refractivity contribution in [2.75, 3.05) is 33.2 Å². The van der Waals surface area contributed by atoms with Crippen LogP contribution in [-0.4, -0.2) is 42.5 Å². The van der Waals surface area contributed by atoms with E-state index in [0.717, 1.165) is 30.1 Å². The average Bonchev–Trinajstić information content (AvgIpc) is 3.27. The second kappa shape index (κ2) is 8.67. The summed E-state index contributed by atoms with van der Waals surface area (Å²) in [5.74, 6) is 2.15. The molecule has 1 aliphatic heterocycles. The molecule has 0 spiro atoms. The van der Waals surface area contributed by atoms with E-state index in [9.17, 15) is 0 Å². The molecule has 0 unspecified atom stereocenters. The first-order valence-corrected chi connectivity index (χ1v) is 10.1. The summed E-state index contributed by atoms with van der Waals surface area (Å²) in [5, 5.41) is 4.02. The molecule has 2 heterocycles. The van der Waals surface area contributed by atoms with Gasteiger partial charge in [0, 0.05) is 25.0 Å². The summed E-state index contributed by atoms with van der Waals surface area (Å²) in [6.45, 7) is 1.64. The molecule has 0 saturated carbocycles. The Morgan fingerprint density at radius 1 is 0.900 bits per heavy atom. The molecule has 3 aromatic rings. The summed E-state index contributed by atoms with van der Waals surface area (Å²) in [5.41, 5.74) is 3.10. The highest BCUT2D eigenvalue weighted by Crippen LogP contribution is 2.37. The minimum Gasteiger partial charge on any atom is -0.495 e. The molecule has 7 heteroatoms. The van der Waals surface area contributed by atoms with Gasteiger partial charge >= 0.3 is 0 Å². The van der Waals surface area contributed by atoms with Crippen LogP contribution in [0.3, 0.4) is 0 Å². The third kappa shape index (κ3) is 3.68. The van der Waals surface area contributed by atoms with E-state index in [1.807, 2.05) is 36.4 Å². The first kappa shape index (κ1) is 20.1. The summed E-state index contributed by atoms with van der Waals surface area (Å²) in [4.78, 5) is 2.21. The Balaban J connectivity index is 1.71. The molecule has 30 heavy (non-hydrogen) atoms. The number of methoxy groups -OCH3 is 3. The zero-order chi connectivity index (χ0) is 21.1. The number of rotatable bonds is 5. The number of thiocarbonyl (C=S) groups is 1. The van der Waals surface area contributed by atoms with Crippen molar-refractivity contribution in [3.8, 4) is 17.2 Å². The van der Waals surface area contributed by atoms with E-state index < -0.39 is 0 Å². The predicted molar refractivity (Wildman–Crippen MR) is 122 cm³/mol. The number of ether oxygens (including phenoxy) is 3. The third-order valence-corrected chi connectivity index (χ3v) is 5.71. The molecule has 0 saturated heterocycles. The number of nitrogens with zero attached hydrogens (tertiary/aromatic N) is 2. The highest BCUT2D eigenvalue weighted by Gasteiger charge is 2.31. The Labute approximate surface area is 182 Å². The molecule has 0 aliphatic carbocycles. The maximum Gasteiger partial charge on any atom is 0.174 e. The van der Waals surface area contributed by atoms with Crippen molar-refractivity contribution in [1.29, 1.82) is 0 Å². The molecule has 1 aromatic heterocycles. The van der Waals surface area contributed by atoms with Crippen molar-refractivity contribution in [1.82, 2.24) is 9.47 Å². The van der Waals surface area contributed by atoms with Crippen LogP contribution in [0.25, 0.3) is 0 Å². The van der Waals surface area contributed by atoms with Gasteiger partial charge < -0.3 is 29.0 Å². The van der Waals surface area contributed by atoms with E-state index in [1.54, 1.807) is 21.3 Å². The normalized spacial score (nSPS) is 15.3. The lowest BCUT2D eigenvalue weighted by atomic mass is 9.99. The third-order valence-electron chi connectivity index (χ3n) is 5.37. The second-order valence-corrected chi connectivity index (χ2v) is 7.35. The number of nitrogens with one attached hydrogen (secondary N) is 1. The average molecular weight is 424 g/mol. The molecular weight excluding hydrogens is 398 g/mol. The summed E-state index contributed by atoms with van der Waals surface area (Å²) in [6, 6.07) is 17.9. The van der Waals surface area contributed by atoms with Gasteiger partial charge in [-0.2, -0.15) is 0 Å². The lowest BCUT2D eigenvalue weighted by Crippen LogP contribution is -2.44. The number of fused-ring (bicyclic) bond motifs is 1. The SMILES string of the molecule is COc1ccccc1NC(=S)N1CCn2cccc2[C@H]1c1ccc(OC)c(OC)c1. The number of anilines is 1. The first-order chi connectivity index (χ1) is 14.7. The van der Waals surface area contributed by atoms with Crippen molar-refractivity contribution in [3.63, 3.8) is 0 Å². The van der Waals surface area contributed by atoms with Crippen molar-refractivity contribution in [2.24, 2.45) is 0 Å². The quantitative estimate of drug-likeness (QED) is 0.617. The lowest BCUT2D eigenvalue weighted by Gasteiger charge is -2.39. The Kier molecular flexibility index (Phi) is 5.81. The second-order valence-electron chi connectivity index (χ2n) is 6.97. The van der Waals surface area contributed by atoms with Crippen LogP contribution in [0.15, 0.2) is 60.8 Å². The van der Waals surface area contributed by atoms with Crippen LogP contribution in [0.2, 0.25) is 0 Å². The molecule has 0 amide bonds. The van der Waals surface area contributed by atoms with Gasteiger partial charge in [0.15, 0.2) is 16.6 Å². The van der Waals surface area contributed by atoms with Crippen LogP contribution in [0, 0.1) is 0 Å². The topological polar surface area (TPSA) is 47.9 Å². The van der Waals surface area contributed by atoms with Crippen molar-refractivity contribution in [3.05, 3.63) is 72.1 Å². The van der Waals surface area contributed by atoms with Crippen LogP contribution in [0.1, 0.15) is 17.3 Å². The molecule has 1 N–H and O–H groups in total. The van der Waals surface area contributed by atoms with Crippen LogP contribution in [0.5, 0.6) is 17.2 Å². The number of benzene rings is 2.